The molecule has 0 aliphatic carbocycles. The lowest BCUT2D eigenvalue weighted by Gasteiger charge is -2.21. The van der Waals surface area contributed by atoms with Gasteiger partial charge in [0.1, 0.15) is 18.4 Å². The molecule has 0 bridgehead atoms. The summed E-state index contributed by atoms with van der Waals surface area (Å²) in [6, 6.07) is 20.7. The van der Waals surface area contributed by atoms with Gasteiger partial charge in [0.2, 0.25) is 5.91 Å². The van der Waals surface area contributed by atoms with Gasteiger partial charge in [-0.05, 0) is 47.4 Å². The first-order valence-electron chi connectivity index (χ1n) is 10.3. The van der Waals surface area contributed by atoms with Crippen molar-refractivity contribution < 1.29 is 19.4 Å². The van der Waals surface area contributed by atoms with Gasteiger partial charge < -0.3 is 15.2 Å². The normalized spacial score (nSPS) is 19.5. The van der Waals surface area contributed by atoms with Crippen molar-refractivity contribution in [3.05, 3.63) is 77.9 Å². The molecule has 3 atom stereocenters. The molecule has 160 valence electrons. The van der Waals surface area contributed by atoms with Crippen LogP contribution in [0.15, 0.2) is 66.7 Å². The van der Waals surface area contributed by atoms with Crippen LogP contribution in [-0.4, -0.2) is 40.8 Å². The van der Waals surface area contributed by atoms with Gasteiger partial charge in [0.25, 0.3) is 0 Å². The number of rotatable bonds is 7. The molecule has 0 saturated carbocycles. The molecule has 1 heterocycles. The van der Waals surface area contributed by atoms with E-state index in [1.54, 1.807) is 30.8 Å². The van der Waals surface area contributed by atoms with Crippen LogP contribution in [0.25, 0.3) is 10.8 Å². The molecule has 0 aromatic heterocycles. The first kappa shape index (κ1) is 21.4. The number of benzene rings is 3. The van der Waals surface area contributed by atoms with Crippen LogP contribution in [0.4, 0.5) is 0 Å². The Morgan fingerprint density at radius 2 is 1.87 bits per heavy atom. The number of ketones is 1. The molecule has 1 fully saturated rings. The zero-order chi connectivity index (χ0) is 21.8. The van der Waals surface area contributed by atoms with Crippen molar-refractivity contribution in [1.82, 2.24) is 5.32 Å². The topological polar surface area (TPSA) is 75.6 Å². The van der Waals surface area contributed by atoms with Crippen molar-refractivity contribution in [1.29, 1.82) is 0 Å². The number of amides is 1. The molecule has 0 spiro atoms. The first-order chi connectivity index (χ1) is 15.0. The maximum absolute atomic E-state index is 13.2. The number of fused-ring (bicyclic) bond motifs is 1. The van der Waals surface area contributed by atoms with Crippen molar-refractivity contribution in [3.8, 4) is 5.75 Å². The Bertz CT molecular complexity index is 1080. The van der Waals surface area contributed by atoms with E-state index in [1.807, 2.05) is 30.3 Å². The molecule has 2 N–H and O–H groups in total. The van der Waals surface area contributed by atoms with Crippen LogP contribution in [0.1, 0.15) is 18.1 Å². The fourth-order valence-electron chi connectivity index (χ4n) is 3.79. The minimum Gasteiger partial charge on any atom is -0.508 e. The third-order valence-electron chi connectivity index (χ3n) is 5.57. The van der Waals surface area contributed by atoms with E-state index in [0.29, 0.717) is 12.2 Å². The number of Topliss-reactive ketones (excluding diaryl/α,β-unsaturated/α-hetero) is 1. The van der Waals surface area contributed by atoms with Crippen LogP contribution in [0, 0.1) is 0 Å². The van der Waals surface area contributed by atoms with E-state index in [2.05, 4.69) is 29.6 Å². The average Bonchev–Trinajstić information content (AvgIpc) is 3.10. The zero-order valence-corrected chi connectivity index (χ0v) is 18.1. The van der Waals surface area contributed by atoms with Gasteiger partial charge in [0.05, 0.1) is 11.4 Å². The summed E-state index contributed by atoms with van der Waals surface area (Å²) < 4.78 is 5.37. The van der Waals surface area contributed by atoms with E-state index in [9.17, 15) is 14.7 Å². The summed E-state index contributed by atoms with van der Waals surface area (Å²) in [6.07, 6.45) is 0.173. The number of carbonyl (C=O) groups excluding carboxylic acids is 2. The second-order valence-electron chi connectivity index (χ2n) is 7.78. The number of nitrogens with one attached hydrogen (secondary N) is 1. The summed E-state index contributed by atoms with van der Waals surface area (Å²) in [5, 5.41) is 14.4. The number of hydrogen-bond donors (Lipinski definition) is 2. The maximum Gasteiger partial charge on any atom is 0.234 e. The van der Waals surface area contributed by atoms with Gasteiger partial charge in [-0.1, -0.05) is 54.6 Å². The van der Waals surface area contributed by atoms with Crippen molar-refractivity contribution in [2.24, 2.45) is 0 Å². The summed E-state index contributed by atoms with van der Waals surface area (Å²) >= 11 is 1.56. The van der Waals surface area contributed by atoms with Crippen LogP contribution in [0.5, 0.6) is 5.75 Å². The number of hydrogen-bond acceptors (Lipinski definition) is 5. The molecule has 6 heteroatoms. The Morgan fingerprint density at radius 1 is 1.13 bits per heavy atom. The highest BCUT2D eigenvalue weighted by molar-refractivity contribution is 7.99. The highest BCUT2D eigenvalue weighted by Crippen LogP contribution is 2.27. The number of ether oxygens (including phenoxy) is 1. The predicted octanol–water partition coefficient (Wildman–Crippen LogP) is 3.86. The Morgan fingerprint density at radius 3 is 2.61 bits per heavy atom. The van der Waals surface area contributed by atoms with Crippen molar-refractivity contribution in [2.75, 3.05) is 6.61 Å². The molecule has 1 saturated heterocycles. The predicted molar refractivity (Wildman–Crippen MR) is 123 cm³/mol. The quantitative estimate of drug-likeness (QED) is 0.589. The maximum atomic E-state index is 13.2. The van der Waals surface area contributed by atoms with Crippen molar-refractivity contribution in [2.45, 2.75) is 36.5 Å². The lowest BCUT2D eigenvalue weighted by Crippen LogP contribution is -2.47. The van der Waals surface area contributed by atoms with Gasteiger partial charge in [-0.25, -0.2) is 0 Å². The van der Waals surface area contributed by atoms with Crippen molar-refractivity contribution >= 4 is 34.2 Å². The smallest absolute Gasteiger partial charge is 0.234 e. The Kier molecular flexibility index (Phi) is 6.59. The van der Waals surface area contributed by atoms with E-state index in [-0.39, 0.29) is 35.4 Å². The molecule has 1 aliphatic heterocycles. The molecular formula is C25H25NO4S. The van der Waals surface area contributed by atoms with Gasteiger partial charge in [0, 0.05) is 5.75 Å². The summed E-state index contributed by atoms with van der Waals surface area (Å²) in [7, 11) is 0. The largest absolute Gasteiger partial charge is 0.508 e. The SMILES string of the molecule is CC1OCC(=O)C1NC(=O)C(Cc1ccc(O)cc1)SCc1cccc2ccccc12. The third kappa shape index (κ3) is 5.09. The number of thioether (sulfide) groups is 1. The molecule has 5 nitrogen and oxygen atoms in total. The second-order valence-corrected chi connectivity index (χ2v) is 8.97. The van der Waals surface area contributed by atoms with Crippen LogP contribution in [0.2, 0.25) is 0 Å². The van der Waals surface area contributed by atoms with Crippen LogP contribution in [-0.2, 0) is 26.5 Å². The minimum absolute atomic E-state index is 0.0396. The molecule has 3 aromatic rings. The van der Waals surface area contributed by atoms with E-state index < -0.39 is 6.04 Å². The first-order valence-corrected chi connectivity index (χ1v) is 11.4. The summed E-state index contributed by atoms with van der Waals surface area (Å²) in [5.41, 5.74) is 2.12. The van der Waals surface area contributed by atoms with E-state index >= 15 is 0 Å². The standard InChI is InChI=1S/C25H25NO4S/c1-16-24(22(28)14-30-16)26-25(29)23(13-17-9-11-20(27)12-10-17)31-15-19-7-4-6-18-5-2-3-8-21(18)19/h2-12,16,23-24,27H,13-15H2,1H3,(H,26,29). The van der Waals surface area contributed by atoms with E-state index in [1.165, 1.54) is 16.3 Å². The van der Waals surface area contributed by atoms with E-state index in [4.69, 9.17) is 4.74 Å². The highest BCUT2D eigenvalue weighted by Gasteiger charge is 2.35. The molecule has 0 radical (unpaired) electrons. The Labute approximate surface area is 185 Å². The van der Waals surface area contributed by atoms with Crippen molar-refractivity contribution in [3.63, 3.8) is 0 Å². The van der Waals surface area contributed by atoms with E-state index in [0.717, 1.165) is 5.56 Å². The number of aromatic hydroxyl groups is 1. The van der Waals surface area contributed by atoms with Gasteiger partial charge in [-0.3, -0.25) is 9.59 Å². The molecular weight excluding hydrogens is 410 g/mol. The number of phenolic OH excluding ortho intramolecular Hbond substituents is 1. The lowest BCUT2D eigenvalue weighted by molar-refractivity contribution is -0.126. The molecule has 3 aromatic carbocycles. The zero-order valence-electron chi connectivity index (χ0n) is 17.3. The van der Waals surface area contributed by atoms with Gasteiger partial charge in [0.15, 0.2) is 5.78 Å². The summed E-state index contributed by atoms with van der Waals surface area (Å²) in [4.78, 5) is 25.2. The monoisotopic (exact) mass is 435 g/mol. The number of carbonyl (C=O) groups is 2. The number of phenols is 1. The Hall–Kier alpha value is -2.83. The highest BCUT2D eigenvalue weighted by atomic mass is 32.2. The molecule has 1 amide bonds. The molecule has 31 heavy (non-hydrogen) atoms. The summed E-state index contributed by atoms with van der Waals surface area (Å²) in [6.45, 7) is 1.84. The van der Waals surface area contributed by atoms with Crippen LogP contribution >= 0.6 is 11.8 Å². The molecule has 3 unspecified atom stereocenters. The van der Waals surface area contributed by atoms with Gasteiger partial charge in [-0.15, -0.1) is 11.8 Å². The Balaban J connectivity index is 1.53. The third-order valence-corrected chi connectivity index (χ3v) is 6.83. The van der Waals surface area contributed by atoms with Gasteiger partial charge in [-0.2, -0.15) is 0 Å². The lowest BCUT2D eigenvalue weighted by atomic mass is 10.1. The second kappa shape index (κ2) is 9.54. The summed E-state index contributed by atoms with van der Waals surface area (Å²) in [5.74, 6) is 0.593. The average molecular weight is 436 g/mol. The molecule has 4 rings (SSSR count). The van der Waals surface area contributed by atoms with Crippen LogP contribution in [0.3, 0.4) is 0 Å². The fraction of sp³-hybridized carbons (Fsp3) is 0.280. The minimum atomic E-state index is -0.604. The molecule has 1 aliphatic rings. The fourth-order valence-corrected chi connectivity index (χ4v) is 4.95. The van der Waals surface area contributed by atoms with Gasteiger partial charge >= 0.3 is 0 Å². The van der Waals surface area contributed by atoms with Crippen LogP contribution < -0.4 is 5.32 Å².